The number of ether oxygens (including phenoxy) is 2. The fraction of sp³-hybridized carbons (Fsp3) is 0.567. The van der Waals surface area contributed by atoms with Gasteiger partial charge in [-0.2, -0.15) is 0 Å². The van der Waals surface area contributed by atoms with Crippen molar-refractivity contribution in [2.24, 2.45) is 11.8 Å². The first-order chi connectivity index (χ1) is 18.7. The molecule has 3 heterocycles. The summed E-state index contributed by atoms with van der Waals surface area (Å²) >= 11 is 6.10. The number of benzene rings is 1. The molecule has 9 heteroatoms. The van der Waals surface area contributed by atoms with E-state index in [4.69, 9.17) is 21.1 Å². The average Bonchev–Trinajstić information content (AvgIpc) is 3.55. The Morgan fingerprint density at radius 2 is 1.97 bits per heavy atom. The van der Waals surface area contributed by atoms with Crippen LogP contribution in [-0.4, -0.2) is 70.8 Å². The lowest BCUT2D eigenvalue weighted by molar-refractivity contribution is -0.162. The Labute approximate surface area is 235 Å². The molecule has 3 aliphatic heterocycles. The number of fused-ring (bicyclic) bond motifs is 1. The van der Waals surface area contributed by atoms with Crippen LogP contribution in [0.5, 0.6) is 0 Å². The number of carbonyl (C=O) groups is 3. The number of nitrogens with zero attached hydrogens (tertiary/aromatic N) is 2. The largest absolute Gasteiger partial charge is 0.465 e. The molecular formula is C30H39ClN2O6. The van der Waals surface area contributed by atoms with Crippen molar-refractivity contribution in [2.45, 2.75) is 75.7 Å². The van der Waals surface area contributed by atoms with Gasteiger partial charge < -0.3 is 24.4 Å². The molecule has 1 spiro atoms. The molecule has 3 saturated heterocycles. The number of hydrogen-bond acceptors (Lipinski definition) is 6. The van der Waals surface area contributed by atoms with Crippen LogP contribution >= 0.6 is 11.6 Å². The third kappa shape index (κ3) is 4.81. The quantitative estimate of drug-likeness (QED) is 0.220. The van der Waals surface area contributed by atoms with Crippen molar-refractivity contribution >= 4 is 35.1 Å². The van der Waals surface area contributed by atoms with E-state index >= 15 is 0 Å². The zero-order chi connectivity index (χ0) is 28.4. The predicted octanol–water partition coefficient (Wildman–Crippen LogP) is 4.29. The van der Waals surface area contributed by atoms with Crippen LogP contribution in [0, 0.1) is 11.8 Å². The highest BCUT2D eigenvalue weighted by Crippen LogP contribution is 2.65. The summed E-state index contributed by atoms with van der Waals surface area (Å²) < 4.78 is 12.4. The van der Waals surface area contributed by atoms with Crippen molar-refractivity contribution in [3.05, 3.63) is 54.6 Å². The highest BCUT2D eigenvalue weighted by molar-refractivity contribution is 6.30. The Morgan fingerprint density at radius 3 is 2.56 bits per heavy atom. The van der Waals surface area contributed by atoms with Crippen molar-refractivity contribution in [1.82, 2.24) is 4.90 Å². The summed E-state index contributed by atoms with van der Waals surface area (Å²) in [6, 6.07) is 5.26. The molecule has 1 aromatic carbocycles. The number of rotatable bonds is 13. The van der Waals surface area contributed by atoms with E-state index in [0.29, 0.717) is 49.2 Å². The van der Waals surface area contributed by atoms with E-state index in [-0.39, 0.29) is 31.6 Å². The second-order valence-corrected chi connectivity index (χ2v) is 11.1. The van der Waals surface area contributed by atoms with E-state index in [1.54, 1.807) is 41.3 Å². The molecule has 212 valence electrons. The van der Waals surface area contributed by atoms with Crippen LogP contribution < -0.4 is 4.90 Å². The Balaban J connectivity index is 1.79. The molecule has 2 unspecified atom stereocenters. The monoisotopic (exact) mass is 558 g/mol. The maximum absolute atomic E-state index is 14.5. The van der Waals surface area contributed by atoms with E-state index in [9.17, 15) is 19.5 Å². The summed E-state index contributed by atoms with van der Waals surface area (Å²) in [7, 11) is 0. The second kappa shape index (κ2) is 11.8. The zero-order valence-corrected chi connectivity index (χ0v) is 23.6. The lowest BCUT2D eigenvalue weighted by Crippen LogP contribution is -2.59. The van der Waals surface area contributed by atoms with Gasteiger partial charge in [-0.05, 0) is 62.8 Å². The van der Waals surface area contributed by atoms with Crippen molar-refractivity contribution in [2.75, 3.05) is 24.7 Å². The van der Waals surface area contributed by atoms with Gasteiger partial charge in [0, 0.05) is 17.3 Å². The van der Waals surface area contributed by atoms with E-state index in [0.717, 1.165) is 0 Å². The minimum atomic E-state index is -1.20. The first-order valence-corrected chi connectivity index (χ1v) is 14.2. The molecule has 1 aromatic rings. The van der Waals surface area contributed by atoms with Gasteiger partial charge in [0.05, 0.1) is 30.8 Å². The fourth-order valence-corrected chi connectivity index (χ4v) is 6.94. The molecule has 3 aliphatic rings. The van der Waals surface area contributed by atoms with E-state index < -0.39 is 41.1 Å². The second-order valence-electron chi connectivity index (χ2n) is 10.6. The van der Waals surface area contributed by atoms with Gasteiger partial charge >= 0.3 is 5.97 Å². The molecule has 1 N–H and O–H groups in total. The standard InChI is InChI=1S/C30H39ClN2O6/c1-5-9-10-18-38-28(37)24-23-26(35)33(21(7-3)19-34)25(30(23)16-15-29(24,8-4)39-30)27(36)32(17-6-2)22-13-11-20(31)12-14-22/h5-6,11-14,21,23-25,34H,1-2,7-10,15-19H2,3-4H3/t21-,23-,24-,25?,29+,30?/m0/s1. The van der Waals surface area contributed by atoms with Gasteiger partial charge in [-0.1, -0.05) is 37.6 Å². The number of halogens is 1. The number of aliphatic hydroxyl groups excluding tert-OH is 1. The number of esters is 1. The third-order valence-corrected chi connectivity index (χ3v) is 8.95. The number of anilines is 1. The molecule has 2 bridgehead atoms. The highest BCUT2D eigenvalue weighted by Gasteiger charge is 2.79. The number of amides is 2. The lowest BCUT2D eigenvalue weighted by atomic mass is 9.65. The molecule has 0 saturated carbocycles. The number of allylic oxidation sites excluding steroid dienone is 1. The Kier molecular flexibility index (Phi) is 8.88. The maximum atomic E-state index is 14.5. The van der Waals surface area contributed by atoms with Crippen molar-refractivity contribution < 1.29 is 29.0 Å². The average molecular weight is 559 g/mol. The fourth-order valence-electron chi connectivity index (χ4n) is 6.81. The molecule has 8 nitrogen and oxygen atoms in total. The summed E-state index contributed by atoms with van der Waals surface area (Å²) in [4.78, 5) is 45.4. The van der Waals surface area contributed by atoms with Crippen LogP contribution in [0.3, 0.4) is 0 Å². The van der Waals surface area contributed by atoms with Crippen LogP contribution in [0.15, 0.2) is 49.6 Å². The summed E-state index contributed by atoms with van der Waals surface area (Å²) in [5.41, 5.74) is -1.49. The summed E-state index contributed by atoms with van der Waals surface area (Å²) in [6.45, 7) is 11.4. The molecule has 4 rings (SSSR count). The van der Waals surface area contributed by atoms with E-state index in [2.05, 4.69) is 13.2 Å². The lowest BCUT2D eigenvalue weighted by Gasteiger charge is -2.39. The van der Waals surface area contributed by atoms with Crippen LogP contribution in [0.1, 0.15) is 52.4 Å². The van der Waals surface area contributed by atoms with Crippen molar-refractivity contribution in [1.29, 1.82) is 0 Å². The van der Waals surface area contributed by atoms with Gasteiger partial charge in [0.1, 0.15) is 17.6 Å². The number of likely N-dealkylation sites (tertiary alicyclic amines) is 1. The molecule has 3 fully saturated rings. The molecule has 0 aromatic heterocycles. The Bertz CT molecular complexity index is 1110. The van der Waals surface area contributed by atoms with Gasteiger partial charge in [-0.3, -0.25) is 14.4 Å². The normalized spacial score (nSPS) is 29.7. The number of carbonyl (C=O) groups excluding carboxylic acids is 3. The van der Waals surface area contributed by atoms with Crippen LogP contribution in [0.2, 0.25) is 5.02 Å². The van der Waals surface area contributed by atoms with Gasteiger partial charge in [-0.15, -0.1) is 13.2 Å². The SMILES string of the molecule is C=CCCCOC(=O)[C@@H]1[C@H]2C(=O)N([C@@H](CC)CO)C(C(=O)N(CC=C)c3ccc(Cl)cc3)C23CC[C@@]1(CC)O3. The minimum absolute atomic E-state index is 0.198. The molecule has 6 atom stereocenters. The van der Waals surface area contributed by atoms with Crippen molar-refractivity contribution in [3.8, 4) is 0 Å². The van der Waals surface area contributed by atoms with Crippen molar-refractivity contribution in [3.63, 3.8) is 0 Å². The van der Waals surface area contributed by atoms with Gasteiger partial charge in [0.25, 0.3) is 5.91 Å². The molecule has 0 aliphatic carbocycles. The van der Waals surface area contributed by atoms with E-state index in [1.165, 1.54) is 4.90 Å². The molecule has 2 amide bonds. The van der Waals surface area contributed by atoms with Gasteiger partial charge in [-0.25, -0.2) is 0 Å². The molecule has 39 heavy (non-hydrogen) atoms. The zero-order valence-electron chi connectivity index (χ0n) is 22.8. The summed E-state index contributed by atoms with van der Waals surface area (Å²) in [5.74, 6) is -2.85. The third-order valence-electron chi connectivity index (χ3n) is 8.69. The van der Waals surface area contributed by atoms with Crippen LogP contribution in [0.4, 0.5) is 5.69 Å². The number of unbranched alkanes of at least 4 members (excludes halogenated alkanes) is 1. The number of hydrogen-bond donors (Lipinski definition) is 1. The summed E-state index contributed by atoms with van der Waals surface area (Å²) in [5, 5.41) is 10.8. The first kappa shape index (κ1) is 29.3. The van der Waals surface area contributed by atoms with Gasteiger partial charge in [0.2, 0.25) is 5.91 Å². The number of aliphatic hydroxyl groups is 1. The van der Waals surface area contributed by atoms with E-state index in [1.807, 2.05) is 13.8 Å². The smallest absolute Gasteiger partial charge is 0.312 e. The Morgan fingerprint density at radius 1 is 1.26 bits per heavy atom. The summed E-state index contributed by atoms with van der Waals surface area (Å²) in [6.07, 6.45) is 6.67. The molecule has 0 radical (unpaired) electrons. The molecular weight excluding hydrogens is 520 g/mol. The topological polar surface area (TPSA) is 96.4 Å². The highest BCUT2D eigenvalue weighted by atomic mass is 35.5. The minimum Gasteiger partial charge on any atom is -0.465 e. The Hall–Kier alpha value is -2.68. The first-order valence-electron chi connectivity index (χ1n) is 13.8. The van der Waals surface area contributed by atoms with Gasteiger partial charge in [0.15, 0.2) is 0 Å². The predicted molar refractivity (Wildman–Crippen MR) is 149 cm³/mol. The van der Waals surface area contributed by atoms with Crippen LogP contribution in [0.25, 0.3) is 0 Å². The maximum Gasteiger partial charge on any atom is 0.312 e. The van der Waals surface area contributed by atoms with Crippen LogP contribution in [-0.2, 0) is 23.9 Å².